The maximum atomic E-state index is 9.54. The Balaban J connectivity index is 1.80. The van der Waals surface area contributed by atoms with Crippen molar-refractivity contribution in [3.63, 3.8) is 0 Å². The lowest BCUT2D eigenvalue weighted by atomic mass is 9.80. The minimum absolute atomic E-state index is 0.0604. The quantitative estimate of drug-likeness (QED) is 0.758. The summed E-state index contributed by atoms with van der Waals surface area (Å²) in [6.07, 6.45) is 5.38. The van der Waals surface area contributed by atoms with Crippen LogP contribution in [0.3, 0.4) is 0 Å². The zero-order chi connectivity index (χ0) is 12.5. The SMILES string of the molecule is NC(c1ccc2nc[nH]c2c1)C1CCC(O)CC1. The molecule has 4 N–H and O–H groups in total. The second-order valence-electron chi connectivity index (χ2n) is 5.27. The molecule has 1 aromatic carbocycles. The largest absolute Gasteiger partial charge is 0.393 e. The molecular weight excluding hydrogens is 226 g/mol. The molecule has 1 aliphatic carbocycles. The van der Waals surface area contributed by atoms with Crippen molar-refractivity contribution in [3.05, 3.63) is 30.1 Å². The summed E-state index contributed by atoms with van der Waals surface area (Å²) in [6, 6.07) is 6.24. The summed E-state index contributed by atoms with van der Waals surface area (Å²) in [5, 5.41) is 9.54. The number of hydrogen-bond donors (Lipinski definition) is 3. The molecule has 0 amide bonds. The van der Waals surface area contributed by atoms with Crippen LogP contribution in [0.2, 0.25) is 0 Å². The molecule has 18 heavy (non-hydrogen) atoms. The van der Waals surface area contributed by atoms with Crippen LogP contribution in [0.5, 0.6) is 0 Å². The maximum Gasteiger partial charge on any atom is 0.0931 e. The first-order valence-electron chi connectivity index (χ1n) is 6.61. The number of hydrogen-bond acceptors (Lipinski definition) is 3. The molecule has 1 heterocycles. The van der Waals surface area contributed by atoms with E-state index in [9.17, 15) is 5.11 Å². The van der Waals surface area contributed by atoms with E-state index < -0.39 is 0 Å². The lowest BCUT2D eigenvalue weighted by Gasteiger charge is -2.30. The highest BCUT2D eigenvalue weighted by molar-refractivity contribution is 5.75. The Morgan fingerprint density at radius 1 is 1.28 bits per heavy atom. The van der Waals surface area contributed by atoms with Crippen LogP contribution in [0.15, 0.2) is 24.5 Å². The Hall–Kier alpha value is -1.39. The molecule has 0 spiro atoms. The van der Waals surface area contributed by atoms with E-state index in [4.69, 9.17) is 5.73 Å². The number of benzene rings is 1. The zero-order valence-electron chi connectivity index (χ0n) is 10.3. The zero-order valence-corrected chi connectivity index (χ0v) is 10.3. The predicted octanol–water partition coefficient (Wildman–Crippen LogP) is 2.11. The third-order valence-corrected chi connectivity index (χ3v) is 4.08. The van der Waals surface area contributed by atoms with Crippen molar-refractivity contribution in [2.45, 2.75) is 37.8 Å². The Bertz CT molecular complexity index is 529. The second-order valence-corrected chi connectivity index (χ2v) is 5.27. The number of aromatic amines is 1. The molecule has 1 aliphatic rings. The van der Waals surface area contributed by atoms with E-state index in [0.717, 1.165) is 42.3 Å². The van der Waals surface area contributed by atoms with Gasteiger partial charge < -0.3 is 15.8 Å². The van der Waals surface area contributed by atoms with Crippen molar-refractivity contribution in [1.29, 1.82) is 0 Å². The first-order valence-corrected chi connectivity index (χ1v) is 6.61. The molecule has 0 saturated heterocycles. The van der Waals surface area contributed by atoms with Gasteiger partial charge in [0.05, 0.1) is 23.5 Å². The van der Waals surface area contributed by atoms with Gasteiger partial charge in [-0.05, 0) is 49.3 Å². The van der Waals surface area contributed by atoms with E-state index in [-0.39, 0.29) is 12.1 Å². The summed E-state index contributed by atoms with van der Waals surface area (Å²) < 4.78 is 0. The first kappa shape index (κ1) is 11.7. The molecule has 1 atom stereocenters. The molecule has 4 heteroatoms. The molecule has 0 aliphatic heterocycles. The van der Waals surface area contributed by atoms with Gasteiger partial charge in [-0.15, -0.1) is 0 Å². The van der Waals surface area contributed by atoms with Gasteiger partial charge in [-0.1, -0.05) is 6.07 Å². The van der Waals surface area contributed by atoms with E-state index in [0.29, 0.717) is 5.92 Å². The van der Waals surface area contributed by atoms with Crippen molar-refractivity contribution >= 4 is 11.0 Å². The lowest BCUT2D eigenvalue weighted by molar-refractivity contribution is 0.102. The van der Waals surface area contributed by atoms with E-state index in [1.54, 1.807) is 6.33 Å². The predicted molar refractivity (Wildman–Crippen MR) is 71.0 cm³/mol. The van der Waals surface area contributed by atoms with Gasteiger partial charge >= 0.3 is 0 Å². The number of fused-ring (bicyclic) bond motifs is 1. The Morgan fingerprint density at radius 3 is 2.83 bits per heavy atom. The number of rotatable bonds is 2. The molecule has 1 fully saturated rings. The van der Waals surface area contributed by atoms with Crippen LogP contribution in [-0.4, -0.2) is 21.2 Å². The number of H-pyrrole nitrogens is 1. The summed E-state index contributed by atoms with van der Waals surface area (Å²) >= 11 is 0. The Labute approximate surface area is 106 Å². The third kappa shape index (κ3) is 2.13. The van der Waals surface area contributed by atoms with Crippen LogP contribution < -0.4 is 5.73 Å². The first-order chi connectivity index (χ1) is 8.74. The van der Waals surface area contributed by atoms with Gasteiger partial charge in [-0.3, -0.25) is 0 Å². The topological polar surface area (TPSA) is 74.9 Å². The monoisotopic (exact) mass is 245 g/mol. The molecule has 0 radical (unpaired) electrons. The van der Waals surface area contributed by atoms with Crippen LogP contribution in [-0.2, 0) is 0 Å². The second kappa shape index (κ2) is 4.71. The van der Waals surface area contributed by atoms with Gasteiger partial charge in [0.15, 0.2) is 0 Å². The normalized spacial score (nSPS) is 26.3. The molecule has 0 bridgehead atoms. The van der Waals surface area contributed by atoms with Crippen LogP contribution >= 0.6 is 0 Å². The van der Waals surface area contributed by atoms with Crippen molar-refractivity contribution in [1.82, 2.24) is 9.97 Å². The third-order valence-electron chi connectivity index (χ3n) is 4.08. The highest BCUT2D eigenvalue weighted by Gasteiger charge is 2.25. The molecule has 2 aromatic rings. The number of nitrogens with zero attached hydrogens (tertiary/aromatic N) is 1. The minimum Gasteiger partial charge on any atom is -0.393 e. The van der Waals surface area contributed by atoms with Crippen LogP contribution in [0, 0.1) is 5.92 Å². The smallest absolute Gasteiger partial charge is 0.0931 e. The molecule has 4 nitrogen and oxygen atoms in total. The Kier molecular flexibility index (Phi) is 3.06. The van der Waals surface area contributed by atoms with Crippen LogP contribution in [0.4, 0.5) is 0 Å². The van der Waals surface area contributed by atoms with Crippen molar-refractivity contribution in [2.24, 2.45) is 11.7 Å². The molecule has 1 unspecified atom stereocenters. The number of aliphatic hydroxyl groups is 1. The van der Waals surface area contributed by atoms with Crippen molar-refractivity contribution < 1.29 is 5.11 Å². The average Bonchev–Trinajstić information content (AvgIpc) is 2.86. The highest BCUT2D eigenvalue weighted by Crippen LogP contribution is 2.33. The molecule has 96 valence electrons. The fourth-order valence-corrected chi connectivity index (χ4v) is 2.89. The number of imidazole rings is 1. The molecule has 1 saturated carbocycles. The summed E-state index contributed by atoms with van der Waals surface area (Å²) in [5.41, 5.74) is 9.54. The van der Waals surface area contributed by atoms with E-state index in [2.05, 4.69) is 22.1 Å². The maximum absolute atomic E-state index is 9.54. The number of aromatic nitrogens is 2. The van der Waals surface area contributed by atoms with E-state index >= 15 is 0 Å². The van der Waals surface area contributed by atoms with Crippen LogP contribution in [0.25, 0.3) is 11.0 Å². The summed E-state index contributed by atoms with van der Waals surface area (Å²) in [7, 11) is 0. The standard InChI is InChI=1S/C14H19N3O/c15-14(9-1-4-11(18)5-2-9)10-3-6-12-13(7-10)17-8-16-12/h3,6-9,11,14,18H,1-2,4-5,15H2,(H,16,17). The summed E-state index contributed by atoms with van der Waals surface area (Å²) in [6.45, 7) is 0. The van der Waals surface area contributed by atoms with Crippen LogP contribution in [0.1, 0.15) is 37.3 Å². The number of nitrogens with one attached hydrogen (secondary N) is 1. The highest BCUT2D eigenvalue weighted by atomic mass is 16.3. The van der Waals surface area contributed by atoms with Gasteiger partial charge in [0.1, 0.15) is 0 Å². The van der Waals surface area contributed by atoms with Gasteiger partial charge in [-0.2, -0.15) is 0 Å². The van der Waals surface area contributed by atoms with Gasteiger partial charge in [0.2, 0.25) is 0 Å². The number of aliphatic hydroxyl groups excluding tert-OH is 1. The summed E-state index contributed by atoms with van der Waals surface area (Å²) in [4.78, 5) is 7.33. The average molecular weight is 245 g/mol. The van der Waals surface area contributed by atoms with E-state index in [1.807, 2.05) is 6.07 Å². The van der Waals surface area contributed by atoms with Crippen molar-refractivity contribution in [2.75, 3.05) is 0 Å². The summed E-state index contributed by atoms with van der Waals surface area (Å²) in [5.74, 6) is 0.480. The fourth-order valence-electron chi connectivity index (χ4n) is 2.89. The van der Waals surface area contributed by atoms with Gasteiger partial charge in [-0.25, -0.2) is 4.98 Å². The van der Waals surface area contributed by atoms with Crippen molar-refractivity contribution in [3.8, 4) is 0 Å². The fraction of sp³-hybridized carbons (Fsp3) is 0.500. The minimum atomic E-state index is -0.122. The van der Waals surface area contributed by atoms with E-state index in [1.165, 1.54) is 0 Å². The molecular formula is C14H19N3O. The van der Waals surface area contributed by atoms with Gasteiger partial charge in [0, 0.05) is 6.04 Å². The number of nitrogens with two attached hydrogens (primary N) is 1. The van der Waals surface area contributed by atoms with Gasteiger partial charge in [0.25, 0.3) is 0 Å². The lowest BCUT2D eigenvalue weighted by Crippen LogP contribution is -2.27. The molecule has 1 aromatic heterocycles. The molecule has 3 rings (SSSR count). The Morgan fingerprint density at radius 2 is 2.06 bits per heavy atom.